The minimum absolute atomic E-state index is 0.0187. The van der Waals surface area contributed by atoms with E-state index >= 15 is 0 Å². The Hall–Kier alpha value is -2.97. The molecule has 268 valence electrons. The summed E-state index contributed by atoms with van der Waals surface area (Å²) in [7, 11) is 1.76. The van der Waals surface area contributed by atoms with E-state index < -0.39 is 42.0 Å². The maximum absolute atomic E-state index is 13.9. The Morgan fingerprint density at radius 3 is 2.44 bits per heavy atom. The Kier molecular flexibility index (Phi) is 17.4. The molecule has 1 aromatic rings. The second kappa shape index (κ2) is 21.2. The molecule has 10 heteroatoms. The van der Waals surface area contributed by atoms with Crippen molar-refractivity contribution in [3.05, 3.63) is 35.9 Å². The third-order valence-corrected chi connectivity index (χ3v) is 9.72. The zero-order chi connectivity index (χ0) is 34.9. The number of terminal acetylenes is 1. The molecule has 1 aliphatic carbocycles. The van der Waals surface area contributed by atoms with Crippen LogP contribution in [0.4, 0.5) is 0 Å². The lowest BCUT2D eigenvalue weighted by molar-refractivity contribution is -0.137. The maximum atomic E-state index is 13.9. The van der Waals surface area contributed by atoms with Crippen LogP contribution in [0.3, 0.4) is 0 Å². The molecule has 2 fully saturated rings. The molecule has 3 amide bonds. The third-order valence-electron chi connectivity index (χ3n) is 9.72. The Labute approximate surface area is 288 Å². The van der Waals surface area contributed by atoms with Gasteiger partial charge in [0, 0.05) is 52.7 Å². The first-order valence-corrected chi connectivity index (χ1v) is 18.1. The van der Waals surface area contributed by atoms with Crippen LogP contribution in [0, 0.1) is 30.1 Å². The molecule has 10 nitrogen and oxygen atoms in total. The number of aliphatic hydroxyl groups excluding tert-OH is 2. The highest BCUT2D eigenvalue weighted by molar-refractivity contribution is 5.91. The lowest BCUT2D eigenvalue weighted by atomic mass is 9.82. The van der Waals surface area contributed by atoms with Crippen molar-refractivity contribution >= 4 is 17.7 Å². The highest BCUT2D eigenvalue weighted by Crippen LogP contribution is 2.29. The van der Waals surface area contributed by atoms with E-state index in [1.807, 2.05) is 44.2 Å². The minimum atomic E-state index is -1.15. The van der Waals surface area contributed by atoms with Gasteiger partial charge in [0.05, 0.1) is 24.7 Å². The van der Waals surface area contributed by atoms with Crippen molar-refractivity contribution in [1.29, 1.82) is 0 Å². The standard InChI is InChI=1S/C38H60N4O6/c1-5-13-32(38(47)40-33(26-30-16-10-7-11-17-30)36(45)34(43)24-28(2)3)39-37(46)31(25-29-14-8-6-9-15-29)27-35(44)41(4)19-20-42-18-12-22-48-23-21-42/h1,6,8-9,14-15,28,30-34,36,43,45H,7,10-13,16-27H2,2-4H3,(H,39,46)(H,40,47)/t31-,32+,33+,34+,36-/m1/s1. The fraction of sp³-hybridized carbons (Fsp3) is 0.711. The van der Waals surface area contributed by atoms with Crippen LogP contribution in [0.5, 0.6) is 0 Å². The van der Waals surface area contributed by atoms with Crippen LogP contribution in [-0.2, 0) is 25.5 Å². The first-order chi connectivity index (χ1) is 23.1. The van der Waals surface area contributed by atoms with Crippen LogP contribution in [0.25, 0.3) is 0 Å². The van der Waals surface area contributed by atoms with Gasteiger partial charge in [0.2, 0.25) is 17.7 Å². The molecular formula is C38H60N4O6. The number of aliphatic hydroxyl groups is 2. The number of rotatable bonds is 18. The van der Waals surface area contributed by atoms with E-state index in [9.17, 15) is 24.6 Å². The Balaban J connectivity index is 1.71. The number of carbonyl (C=O) groups is 3. The van der Waals surface area contributed by atoms with Gasteiger partial charge >= 0.3 is 0 Å². The molecule has 3 rings (SSSR count). The topological polar surface area (TPSA) is 131 Å². The SMILES string of the molecule is C#CC[C@H](NC(=O)[C@@H](CC(=O)N(C)CCN1CCCOCC1)Cc1ccccc1)C(=O)N[C@@H](CC1CCCCC1)[C@@H](O)[C@@H](O)CC(C)C. The van der Waals surface area contributed by atoms with Crippen molar-refractivity contribution in [3.63, 3.8) is 0 Å². The molecular weight excluding hydrogens is 608 g/mol. The van der Waals surface area contributed by atoms with Gasteiger partial charge in [-0.15, -0.1) is 12.3 Å². The summed E-state index contributed by atoms with van der Waals surface area (Å²) in [4.78, 5) is 45.0. The highest BCUT2D eigenvalue weighted by atomic mass is 16.5. The number of ether oxygens (including phenoxy) is 1. The highest BCUT2D eigenvalue weighted by Gasteiger charge is 2.34. The van der Waals surface area contributed by atoms with E-state index in [2.05, 4.69) is 21.5 Å². The number of likely N-dealkylation sites (N-methyl/N-ethyl adjacent to an activating group) is 1. The molecule has 2 aliphatic rings. The van der Waals surface area contributed by atoms with Gasteiger partial charge in [-0.3, -0.25) is 19.3 Å². The van der Waals surface area contributed by atoms with E-state index in [1.54, 1.807) is 11.9 Å². The van der Waals surface area contributed by atoms with Crippen molar-refractivity contribution in [2.24, 2.45) is 17.8 Å². The van der Waals surface area contributed by atoms with Crippen LogP contribution < -0.4 is 10.6 Å². The zero-order valence-electron chi connectivity index (χ0n) is 29.4. The van der Waals surface area contributed by atoms with E-state index in [-0.39, 0.29) is 24.7 Å². The van der Waals surface area contributed by atoms with E-state index in [1.165, 1.54) is 6.42 Å². The van der Waals surface area contributed by atoms with E-state index in [0.29, 0.717) is 38.3 Å². The van der Waals surface area contributed by atoms with Gasteiger partial charge in [-0.2, -0.15) is 0 Å². The summed E-state index contributed by atoms with van der Waals surface area (Å²) in [6.45, 7) is 8.40. The van der Waals surface area contributed by atoms with E-state index in [0.717, 1.165) is 63.9 Å². The quantitative estimate of drug-likeness (QED) is 0.177. The summed E-state index contributed by atoms with van der Waals surface area (Å²) in [5.74, 6) is 1.21. The number of benzene rings is 1. The van der Waals surface area contributed by atoms with Gasteiger partial charge in [-0.05, 0) is 43.1 Å². The molecule has 1 aliphatic heterocycles. The normalized spacial score (nSPS) is 19.3. The minimum Gasteiger partial charge on any atom is -0.390 e. The van der Waals surface area contributed by atoms with Crippen molar-refractivity contribution < 1.29 is 29.3 Å². The second-order valence-electron chi connectivity index (χ2n) is 14.2. The second-order valence-corrected chi connectivity index (χ2v) is 14.2. The van der Waals surface area contributed by atoms with Crippen molar-refractivity contribution in [2.75, 3.05) is 46.4 Å². The molecule has 1 heterocycles. The van der Waals surface area contributed by atoms with Gasteiger partial charge in [-0.1, -0.05) is 76.3 Å². The lowest BCUT2D eigenvalue weighted by Crippen LogP contribution is -2.56. The zero-order valence-corrected chi connectivity index (χ0v) is 29.4. The van der Waals surface area contributed by atoms with Crippen LogP contribution in [-0.4, -0.2) is 108 Å². The number of hydrogen-bond acceptors (Lipinski definition) is 7. The Morgan fingerprint density at radius 1 is 1.02 bits per heavy atom. The average molecular weight is 669 g/mol. The van der Waals surface area contributed by atoms with Crippen molar-refractivity contribution in [1.82, 2.24) is 20.4 Å². The van der Waals surface area contributed by atoms with Crippen LogP contribution >= 0.6 is 0 Å². The van der Waals surface area contributed by atoms with Crippen LogP contribution in [0.2, 0.25) is 0 Å². The van der Waals surface area contributed by atoms with Crippen LogP contribution in [0.15, 0.2) is 30.3 Å². The van der Waals surface area contributed by atoms with Gasteiger partial charge in [0.25, 0.3) is 0 Å². The maximum Gasteiger partial charge on any atom is 0.243 e. The number of nitrogens with one attached hydrogen (secondary N) is 2. The number of carbonyl (C=O) groups excluding carboxylic acids is 3. The summed E-state index contributed by atoms with van der Waals surface area (Å²) < 4.78 is 5.54. The van der Waals surface area contributed by atoms with Gasteiger partial charge < -0.3 is 30.5 Å². The molecule has 0 unspecified atom stereocenters. The summed E-state index contributed by atoms with van der Waals surface area (Å²) in [6, 6.07) is 7.78. The monoisotopic (exact) mass is 668 g/mol. The lowest BCUT2D eigenvalue weighted by Gasteiger charge is -2.33. The first-order valence-electron chi connectivity index (χ1n) is 18.1. The fourth-order valence-electron chi connectivity index (χ4n) is 6.82. The summed E-state index contributed by atoms with van der Waals surface area (Å²) >= 11 is 0. The Bertz CT molecular complexity index is 1140. The smallest absolute Gasteiger partial charge is 0.243 e. The predicted octanol–water partition coefficient (Wildman–Crippen LogP) is 3.15. The predicted molar refractivity (Wildman–Crippen MR) is 188 cm³/mol. The molecule has 0 radical (unpaired) electrons. The largest absolute Gasteiger partial charge is 0.390 e. The molecule has 0 aromatic heterocycles. The number of amides is 3. The summed E-state index contributed by atoms with van der Waals surface area (Å²) in [6.07, 6.45) is 11.1. The molecule has 1 saturated heterocycles. The molecule has 0 bridgehead atoms. The number of hydrogen-bond donors (Lipinski definition) is 4. The molecule has 1 aromatic carbocycles. The molecule has 1 saturated carbocycles. The summed E-state index contributed by atoms with van der Waals surface area (Å²) in [5, 5.41) is 27.8. The molecule has 0 spiro atoms. The van der Waals surface area contributed by atoms with Crippen molar-refractivity contribution in [3.8, 4) is 12.3 Å². The first kappa shape index (κ1) is 39.5. The van der Waals surface area contributed by atoms with Gasteiger partial charge in [-0.25, -0.2) is 0 Å². The van der Waals surface area contributed by atoms with Gasteiger partial charge in [0.15, 0.2) is 0 Å². The van der Waals surface area contributed by atoms with Crippen LogP contribution in [0.1, 0.15) is 83.6 Å². The van der Waals surface area contributed by atoms with Crippen molar-refractivity contribution in [2.45, 2.75) is 109 Å². The van der Waals surface area contributed by atoms with Gasteiger partial charge in [0.1, 0.15) is 12.1 Å². The molecule has 5 atom stereocenters. The number of nitrogens with zero attached hydrogens (tertiary/aromatic N) is 2. The summed E-state index contributed by atoms with van der Waals surface area (Å²) in [5.41, 5.74) is 0.908. The molecule has 4 N–H and O–H groups in total. The molecule has 48 heavy (non-hydrogen) atoms. The average Bonchev–Trinajstić information content (AvgIpc) is 3.35. The third kappa shape index (κ3) is 13.9. The van der Waals surface area contributed by atoms with E-state index in [4.69, 9.17) is 11.2 Å². The Morgan fingerprint density at radius 2 is 1.75 bits per heavy atom. The fourth-order valence-corrected chi connectivity index (χ4v) is 6.82.